The van der Waals surface area contributed by atoms with E-state index in [0.717, 1.165) is 0 Å². The molecule has 0 aliphatic rings. The summed E-state index contributed by atoms with van der Waals surface area (Å²) in [5.41, 5.74) is 1.24. The van der Waals surface area contributed by atoms with Crippen molar-refractivity contribution in [3.8, 4) is 17.2 Å². The van der Waals surface area contributed by atoms with Crippen LogP contribution in [0.5, 0.6) is 17.2 Å². The summed E-state index contributed by atoms with van der Waals surface area (Å²) in [6, 6.07) is 20.1. The Morgan fingerprint density at radius 1 is 0.767 bits per heavy atom. The normalized spacial score (nSPS) is 12.1. The summed E-state index contributed by atoms with van der Waals surface area (Å²) in [6.45, 7) is 1.82. The van der Waals surface area contributed by atoms with Crippen LogP contribution in [0.3, 0.4) is 0 Å². The van der Waals surface area contributed by atoms with Crippen LogP contribution in [0, 0.1) is 0 Å². The Bertz CT molecular complexity index is 1080. The highest BCUT2D eigenvalue weighted by Crippen LogP contribution is 2.38. The van der Waals surface area contributed by atoms with Crippen LogP contribution in [0.4, 0.5) is 5.69 Å². The molecule has 0 aromatic heterocycles. The number of para-hydroxylation sites is 1. The Hall–Kier alpha value is -3.19. The minimum Gasteiger partial charge on any atom is -0.497 e. The third kappa shape index (κ3) is 4.21. The van der Waals surface area contributed by atoms with E-state index in [1.165, 1.54) is 11.4 Å². The summed E-state index contributed by atoms with van der Waals surface area (Å²) in [5, 5.41) is 0. The Balaban J connectivity index is 2.16. The van der Waals surface area contributed by atoms with E-state index >= 15 is 0 Å². The number of anilines is 1. The quantitative estimate of drug-likeness (QED) is 0.523. The van der Waals surface area contributed by atoms with Crippen molar-refractivity contribution in [3.63, 3.8) is 0 Å². The van der Waals surface area contributed by atoms with Gasteiger partial charge in [0.05, 0.1) is 38.0 Å². The van der Waals surface area contributed by atoms with E-state index < -0.39 is 16.1 Å². The first-order chi connectivity index (χ1) is 14.4. The van der Waals surface area contributed by atoms with Gasteiger partial charge in [-0.1, -0.05) is 18.2 Å². The van der Waals surface area contributed by atoms with E-state index in [1.54, 1.807) is 80.9 Å². The molecule has 0 bridgehead atoms. The molecule has 0 fully saturated rings. The second-order valence-electron chi connectivity index (χ2n) is 6.60. The SMILES string of the molecule is COc1ccc(S(=O)(=O)N(c2ccccc2)C(C)c2cc(OC)ccc2OC)cc1. The van der Waals surface area contributed by atoms with Crippen LogP contribution in [-0.4, -0.2) is 29.7 Å². The highest BCUT2D eigenvalue weighted by Gasteiger charge is 2.32. The van der Waals surface area contributed by atoms with Gasteiger partial charge in [-0.25, -0.2) is 8.42 Å². The fourth-order valence-corrected chi connectivity index (χ4v) is 4.94. The predicted molar refractivity (Wildman–Crippen MR) is 117 cm³/mol. The molecule has 30 heavy (non-hydrogen) atoms. The topological polar surface area (TPSA) is 65.1 Å². The minimum absolute atomic E-state index is 0.167. The largest absolute Gasteiger partial charge is 0.497 e. The zero-order chi connectivity index (χ0) is 21.7. The number of nitrogens with zero attached hydrogens (tertiary/aromatic N) is 1. The van der Waals surface area contributed by atoms with Crippen LogP contribution in [0.15, 0.2) is 77.7 Å². The molecule has 0 saturated heterocycles. The van der Waals surface area contributed by atoms with E-state index in [4.69, 9.17) is 14.2 Å². The van der Waals surface area contributed by atoms with Crippen molar-refractivity contribution >= 4 is 15.7 Å². The first-order valence-electron chi connectivity index (χ1n) is 9.38. The van der Waals surface area contributed by atoms with Crippen LogP contribution >= 0.6 is 0 Å². The molecule has 3 aromatic carbocycles. The van der Waals surface area contributed by atoms with Crippen molar-refractivity contribution in [2.45, 2.75) is 17.9 Å². The predicted octanol–water partition coefficient (Wildman–Crippen LogP) is 4.67. The van der Waals surface area contributed by atoms with Crippen molar-refractivity contribution < 1.29 is 22.6 Å². The van der Waals surface area contributed by atoms with Gasteiger partial charge < -0.3 is 14.2 Å². The second-order valence-corrected chi connectivity index (χ2v) is 8.41. The van der Waals surface area contributed by atoms with Gasteiger partial charge in [0.2, 0.25) is 0 Å². The molecule has 7 heteroatoms. The van der Waals surface area contributed by atoms with E-state index in [0.29, 0.717) is 28.5 Å². The summed E-state index contributed by atoms with van der Waals surface area (Å²) in [7, 11) is 0.776. The smallest absolute Gasteiger partial charge is 0.264 e. The lowest BCUT2D eigenvalue weighted by Crippen LogP contribution is -2.34. The fourth-order valence-electron chi connectivity index (χ4n) is 3.30. The van der Waals surface area contributed by atoms with Gasteiger partial charge in [0, 0.05) is 5.56 Å². The maximum Gasteiger partial charge on any atom is 0.264 e. The second kappa shape index (κ2) is 9.09. The number of hydrogen-bond acceptors (Lipinski definition) is 5. The molecule has 0 radical (unpaired) electrons. The molecule has 1 atom stereocenters. The zero-order valence-corrected chi connectivity index (χ0v) is 18.2. The van der Waals surface area contributed by atoms with Crippen LogP contribution in [0.25, 0.3) is 0 Å². The van der Waals surface area contributed by atoms with Gasteiger partial charge in [0.15, 0.2) is 0 Å². The summed E-state index contributed by atoms with van der Waals surface area (Å²) in [6.07, 6.45) is 0. The Kier molecular flexibility index (Phi) is 6.52. The summed E-state index contributed by atoms with van der Waals surface area (Å²) >= 11 is 0. The van der Waals surface area contributed by atoms with E-state index in [2.05, 4.69) is 0 Å². The summed E-state index contributed by atoms with van der Waals surface area (Å²) in [4.78, 5) is 0.167. The van der Waals surface area contributed by atoms with Crippen molar-refractivity contribution in [2.24, 2.45) is 0 Å². The molecule has 0 aliphatic carbocycles. The number of rotatable bonds is 8. The molecule has 0 heterocycles. The maximum atomic E-state index is 13.7. The van der Waals surface area contributed by atoms with Crippen molar-refractivity contribution in [2.75, 3.05) is 25.6 Å². The molecular formula is C23H25NO5S. The lowest BCUT2D eigenvalue weighted by atomic mass is 10.1. The van der Waals surface area contributed by atoms with Crippen molar-refractivity contribution in [1.82, 2.24) is 0 Å². The van der Waals surface area contributed by atoms with Gasteiger partial charge in [-0.2, -0.15) is 0 Å². The van der Waals surface area contributed by atoms with Crippen LogP contribution in [0.1, 0.15) is 18.5 Å². The molecule has 1 unspecified atom stereocenters. The third-order valence-corrected chi connectivity index (χ3v) is 6.78. The number of hydrogen-bond donors (Lipinski definition) is 0. The molecular weight excluding hydrogens is 402 g/mol. The Morgan fingerprint density at radius 2 is 1.37 bits per heavy atom. The Labute approximate surface area is 177 Å². The Morgan fingerprint density at radius 3 is 1.93 bits per heavy atom. The third-order valence-electron chi connectivity index (χ3n) is 4.87. The van der Waals surface area contributed by atoms with E-state index in [9.17, 15) is 8.42 Å². The fraction of sp³-hybridized carbons (Fsp3) is 0.217. The summed E-state index contributed by atoms with van der Waals surface area (Å²) < 4.78 is 44.8. The van der Waals surface area contributed by atoms with E-state index in [-0.39, 0.29) is 4.90 Å². The summed E-state index contributed by atoms with van der Waals surface area (Å²) in [5.74, 6) is 1.78. The van der Waals surface area contributed by atoms with Gasteiger partial charge in [-0.05, 0) is 61.5 Å². The number of methoxy groups -OCH3 is 3. The molecule has 6 nitrogen and oxygen atoms in total. The zero-order valence-electron chi connectivity index (χ0n) is 17.4. The van der Waals surface area contributed by atoms with Crippen molar-refractivity contribution in [3.05, 3.63) is 78.4 Å². The first kappa shape index (κ1) is 21.5. The lowest BCUT2D eigenvalue weighted by Gasteiger charge is -2.31. The monoisotopic (exact) mass is 427 g/mol. The van der Waals surface area contributed by atoms with Gasteiger partial charge in [0.1, 0.15) is 17.2 Å². The van der Waals surface area contributed by atoms with Crippen LogP contribution in [-0.2, 0) is 10.0 Å². The molecule has 0 spiro atoms. The standard InChI is InChI=1S/C23H25NO5S/c1-17(22-16-20(28-3)12-15-23(22)29-4)24(18-8-6-5-7-9-18)30(25,26)21-13-10-19(27-2)11-14-21/h5-17H,1-4H3. The highest BCUT2D eigenvalue weighted by molar-refractivity contribution is 7.92. The van der Waals surface area contributed by atoms with Crippen LogP contribution < -0.4 is 18.5 Å². The van der Waals surface area contributed by atoms with Crippen molar-refractivity contribution in [1.29, 1.82) is 0 Å². The van der Waals surface area contributed by atoms with Gasteiger partial charge in [-0.3, -0.25) is 4.31 Å². The number of ether oxygens (including phenoxy) is 3. The average molecular weight is 428 g/mol. The molecule has 158 valence electrons. The maximum absolute atomic E-state index is 13.7. The molecule has 3 rings (SSSR count). The number of benzene rings is 3. The molecule has 0 amide bonds. The molecule has 0 saturated carbocycles. The van der Waals surface area contributed by atoms with Crippen LogP contribution in [0.2, 0.25) is 0 Å². The minimum atomic E-state index is -3.89. The highest BCUT2D eigenvalue weighted by atomic mass is 32.2. The van der Waals surface area contributed by atoms with E-state index in [1.807, 2.05) is 13.0 Å². The average Bonchev–Trinajstić information content (AvgIpc) is 2.79. The van der Waals surface area contributed by atoms with Gasteiger partial charge in [-0.15, -0.1) is 0 Å². The molecule has 0 aliphatic heterocycles. The molecule has 3 aromatic rings. The first-order valence-corrected chi connectivity index (χ1v) is 10.8. The van der Waals surface area contributed by atoms with Gasteiger partial charge in [0.25, 0.3) is 10.0 Å². The lowest BCUT2D eigenvalue weighted by molar-refractivity contribution is 0.396. The number of sulfonamides is 1. The van der Waals surface area contributed by atoms with Gasteiger partial charge >= 0.3 is 0 Å². The molecule has 0 N–H and O–H groups in total.